The molecular weight excluding hydrogens is 792 g/mol. The number of hydrogen-bond donors (Lipinski definition) is 12. The van der Waals surface area contributed by atoms with Crippen molar-refractivity contribution in [3.8, 4) is 0 Å². The number of epoxide rings is 1. The lowest BCUT2D eigenvalue weighted by Gasteiger charge is -2.64. The summed E-state index contributed by atoms with van der Waals surface area (Å²) in [5.41, 5.74) is -6.00. The molecule has 21 nitrogen and oxygen atoms in total. The van der Waals surface area contributed by atoms with Crippen LogP contribution in [0.3, 0.4) is 0 Å². The summed E-state index contributed by atoms with van der Waals surface area (Å²) in [4.78, 5) is 27.6. The molecule has 12 N–H and O–H groups in total. The second-order valence-corrected chi connectivity index (χ2v) is 18.6. The van der Waals surface area contributed by atoms with Gasteiger partial charge in [-0.3, -0.25) is 4.79 Å². The van der Waals surface area contributed by atoms with Gasteiger partial charge in [-0.05, 0) is 69.1 Å². The standard InChI is InChI=1S/C38H58O21/c1-34-6-3-7-35(2,33(52)57-29-26(49)23(46)20(43)15(11-40)54-29)17(34)4-8-36-13-37(9-5-18(34)36,38(32(50)51)31(36)59-38)58-30-27(24(47)21(44)16(12-41)55-30)56-28-25(48)22(45)19(42)14(10-39)53-28/h14-31,39-49H,3-13H2,1-2H3,(H,50,51)/t14-,15-,16-,17?,18?,19-,20-,21-,22+,23+,24+,25-,26-,27-,28+,29+,30+,31?,34?,35?,36?,37?,38?/m1/s1. The number of aliphatic hydroxyl groups is 11. The summed E-state index contributed by atoms with van der Waals surface area (Å²) < 4.78 is 41.6. The third-order valence-electron chi connectivity index (χ3n) is 15.8. The number of esters is 1. The summed E-state index contributed by atoms with van der Waals surface area (Å²) in [6, 6.07) is 0. The molecule has 23 atom stereocenters. The van der Waals surface area contributed by atoms with Gasteiger partial charge in [0.25, 0.3) is 0 Å². The molecule has 59 heavy (non-hydrogen) atoms. The Bertz CT molecular complexity index is 1600. The van der Waals surface area contributed by atoms with Gasteiger partial charge < -0.3 is 94.4 Å². The number of aliphatic carboxylic acids is 1. The summed E-state index contributed by atoms with van der Waals surface area (Å²) in [6.07, 6.45) is -23.0. The Morgan fingerprint density at radius 3 is 1.78 bits per heavy atom. The lowest BCUT2D eigenvalue weighted by Crippen LogP contribution is -2.67. The van der Waals surface area contributed by atoms with E-state index in [9.17, 15) is 70.9 Å². The normalized spacial score (nSPS) is 56.6. The zero-order valence-corrected chi connectivity index (χ0v) is 32.7. The van der Waals surface area contributed by atoms with Crippen LogP contribution in [-0.2, 0) is 42.7 Å². The number of carbonyl (C=O) groups is 2. The predicted octanol–water partition coefficient (Wildman–Crippen LogP) is -4.66. The number of carboxylic acid groups (broad SMARTS) is 1. The first-order valence-electron chi connectivity index (χ1n) is 20.5. The Kier molecular flexibility index (Phi) is 11.3. The maximum absolute atomic E-state index is 14.2. The lowest BCUT2D eigenvalue weighted by molar-refractivity contribution is -0.384. The van der Waals surface area contributed by atoms with Crippen molar-refractivity contribution in [3.63, 3.8) is 0 Å². The van der Waals surface area contributed by atoms with E-state index >= 15 is 0 Å². The van der Waals surface area contributed by atoms with Crippen LogP contribution >= 0.6 is 0 Å². The molecule has 0 aromatic carbocycles. The molecule has 2 bridgehead atoms. The number of hydrogen-bond acceptors (Lipinski definition) is 20. The molecule has 336 valence electrons. The molecule has 4 saturated heterocycles. The summed E-state index contributed by atoms with van der Waals surface area (Å²) in [5, 5.41) is 125. The molecule has 8 rings (SSSR count). The molecule has 0 aromatic heterocycles. The summed E-state index contributed by atoms with van der Waals surface area (Å²) in [6.45, 7) is 1.60. The average molecular weight is 851 g/mol. The van der Waals surface area contributed by atoms with E-state index in [1.807, 2.05) is 0 Å². The summed E-state index contributed by atoms with van der Waals surface area (Å²) >= 11 is 0. The van der Waals surface area contributed by atoms with Crippen LogP contribution in [0, 0.1) is 28.1 Å². The fourth-order valence-electron chi connectivity index (χ4n) is 12.8. The molecule has 0 aromatic rings. The molecule has 4 heterocycles. The van der Waals surface area contributed by atoms with Gasteiger partial charge in [0.15, 0.2) is 12.6 Å². The van der Waals surface area contributed by atoms with Crippen LogP contribution in [0.5, 0.6) is 0 Å². The van der Waals surface area contributed by atoms with Crippen LogP contribution in [0.15, 0.2) is 0 Å². The van der Waals surface area contributed by atoms with Crippen LogP contribution < -0.4 is 0 Å². The maximum atomic E-state index is 14.2. The molecule has 4 aliphatic heterocycles. The van der Waals surface area contributed by atoms with E-state index in [4.69, 9.17) is 33.2 Å². The second kappa shape index (κ2) is 15.2. The molecule has 4 saturated carbocycles. The Morgan fingerprint density at radius 2 is 1.19 bits per heavy atom. The van der Waals surface area contributed by atoms with Crippen LogP contribution in [0.4, 0.5) is 0 Å². The van der Waals surface area contributed by atoms with Crippen molar-refractivity contribution in [2.45, 2.75) is 175 Å². The molecular formula is C38H58O21. The van der Waals surface area contributed by atoms with Gasteiger partial charge in [0.1, 0.15) is 85.0 Å². The maximum Gasteiger partial charge on any atom is 0.341 e. The molecule has 0 radical (unpaired) electrons. The second-order valence-electron chi connectivity index (χ2n) is 18.6. The van der Waals surface area contributed by atoms with Crippen LogP contribution in [0.1, 0.15) is 65.2 Å². The molecule has 8 aliphatic rings. The van der Waals surface area contributed by atoms with Crippen LogP contribution in [0.25, 0.3) is 0 Å². The van der Waals surface area contributed by atoms with Gasteiger partial charge in [-0.15, -0.1) is 0 Å². The highest BCUT2D eigenvalue weighted by Gasteiger charge is 2.90. The van der Waals surface area contributed by atoms with Crippen LogP contribution in [0.2, 0.25) is 0 Å². The Balaban J connectivity index is 1.07. The number of ether oxygens (including phenoxy) is 7. The van der Waals surface area contributed by atoms with Crippen molar-refractivity contribution in [2.75, 3.05) is 19.8 Å². The minimum Gasteiger partial charge on any atom is -0.479 e. The number of carboxylic acids is 1. The first kappa shape index (κ1) is 43.9. The first-order chi connectivity index (χ1) is 27.8. The fourth-order valence-corrected chi connectivity index (χ4v) is 12.8. The van der Waals surface area contributed by atoms with Gasteiger partial charge in [0.05, 0.1) is 25.2 Å². The monoisotopic (exact) mass is 850 g/mol. The Hall–Kier alpha value is -1.74. The Labute approximate surface area is 338 Å². The number of carbonyl (C=O) groups excluding carboxylic acids is 1. The third kappa shape index (κ3) is 6.21. The van der Waals surface area contributed by atoms with Gasteiger partial charge in [0.2, 0.25) is 11.9 Å². The number of fused-ring (bicyclic) bond motifs is 5. The van der Waals surface area contributed by atoms with Crippen LogP contribution in [-0.4, -0.2) is 202 Å². The zero-order chi connectivity index (χ0) is 42.8. The quantitative estimate of drug-likeness (QED) is 0.0558. The van der Waals surface area contributed by atoms with Crippen molar-refractivity contribution >= 4 is 11.9 Å². The summed E-state index contributed by atoms with van der Waals surface area (Å²) in [5.74, 6) is -2.49. The third-order valence-corrected chi connectivity index (χ3v) is 15.8. The predicted molar refractivity (Wildman–Crippen MR) is 188 cm³/mol. The van der Waals surface area contributed by atoms with Crippen molar-refractivity contribution in [3.05, 3.63) is 0 Å². The van der Waals surface area contributed by atoms with E-state index in [-0.39, 0.29) is 24.7 Å². The van der Waals surface area contributed by atoms with Crippen molar-refractivity contribution < 1.29 is 104 Å². The number of rotatable bonds is 10. The van der Waals surface area contributed by atoms with E-state index in [1.54, 1.807) is 6.92 Å². The highest BCUT2D eigenvalue weighted by atomic mass is 16.8. The van der Waals surface area contributed by atoms with E-state index in [2.05, 4.69) is 6.92 Å². The van der Waals surface area contributed by atoms with Gasteiger partial charge in [0, 0.05) is 5.41 Å². The Morgan fingerprint density at radius 1 is 0.644 bits per heavy atom. The molecule has 4 aliphatic carbocycles. The fraction of sp³-hybridized carbons (Fsp3) is 0.947. The van der Waals surface area contributed by atoms with Gasteiger partial charge >= 0.3 is 11.9 Å². The van der Waals surface area contributed by atoms with Gasteiger partial charge in [-0.25, -0.2) is 4.79 Å². The van der Waals surface area contributed by atoms with E-state index in [0.717, 1.165) is 0 Å². The molecule has 1 spiro atoms. The van der Waals surface area contributed by atoms with E-state index < -0.39 is 157 Å². The van der Waals surface area contributed by atoms with E-state index in [1.165, 1.54) is 0 Å². The molecule has 0 amide bonds. The van der Waals surface area contributed by atoms with Crippen molar-refractivity contribution in [2.24, 2.45) is 28.1 Å². The SMILES string of the molecule is CC1(C(=O)O[C@@H]2O[C@H](CO)[C@@H](O)[C@H](O)[C@H]2O)CCCC2(C)C1CCC13CC(O[C@@H]4O[C@H](CO)[C@@H](O)[C@H](O)[C@H]4O[C@@H]4O[C@H](CO)[C@@H](O)[C@H](O)[C@H]4O)(CCC21)C1(C(=O)O)OC31. The van der Waals surface area contributed by atoms with Gasteiger partial charge in [-0.2, -0.15) is 0 Å². The topological polar surface area (TPSA) is 345 Å². The highest BCUT2D eigenvalue weighted by Crippen LogP contribution is 2.80. The van der Waals surface area contributed by atoms with Gasteiger partial charge in [-0.1, -0.05) is 13.3 Å². The summed E-state index contributed by atoms with van der Waals surface area (Å²) in [7, 11) is 0. The largest absolute Gasteiger partial charge is 0.479 e. The minimum absolute atomic E-state index is 0.0889. The zero-order valence-electron chi connectivity index (χ0n) is 32.7. The lowest BCUT2D eigenvalue weighted by atomic mass is 9.40. The van der Waals surface area contributed by atoms with Crippen molar-refractivity contribution in [1.82, 2.24) is 0 Å². The average Bonchev–Trinajstić information content (AvgIpc) is 3.97. The number of aliphatic hydroxyl groups excluding tert-OH is 11. The highest BCUT2D eigenvalue weighted by molar-refractivity contribution is 5.85. The molecule has 8 fully saturated rings. The van der Waals surface area contributed by atoms with E-state index in [0.29, 0.717) is 38.5 Å². The van der Waals surface area contributed by atoms with Crippen molar-refractivity contribution in [1.29, 1.82) is 0 Å². The molecule has 21 heteroatoms. The smallest absolute Gasteiger partial charge is 0.341 e. The molecule has 8 unspecified atom stereocenters. The first-order valence-corrected chi connectivity index (χ1v) is 20.5. The minimum atomic E-state index is -1.91.